The molecular formula is C21H19ClN6O2S. The minimum atomic E-state index is -0.314. The molecule has 0 radical (unpaired) electrons. The van der Waals surface area contributed by atoms with E-state index in [1.807, 2.05) is 48.3 Å². The Morgan fingerprint density at radius 2 is 2.06 bits per heavy atom. The van der Waals surface area contributed by atoms with E-state index in [0.717, 1.165) is 27.4 Å². The van der Waals surface area contributed by atoms with Crippen molar-refractivity contribution in [2.75, 3.05) is 24.4 Å². The standard InChI is InChI=1S/C21H19ClN6O2S/c1-28(15-5-3-4-14(11-15)19(29)27-30-2)18-7-6-16-20(26-18)31-21(24-16)25-17-10-13(12-22)8-9-23-17/h3-11H,12H2,1-2H3,(H,27,29)(H,23,24,25). The zero-order chi connectivity index (χ0) is 21.8. The number of amides is 1. The first kappa shape index (κ1) is 21.0. The van der Waals surface area contributed by atoms with Gasteiger partial charge in [-0.1, -0.05) is 17.4 Å². The molecule has 0 fully saturated rings. The number of carbonyl (C=O) groups is 1. The van der Waals surface area contributed by atoms with Crippen LogP contribution in [0.25, 0.3) is 10.3 Å². The number of fused-ring (bicyclic) bond motifs is 1. The minimum Gasteiger partial charge on any atom is -0.329 e. The average Bonchev–Trinajstić information content (AvgIpc) is 3.20. The number of aromatic nitrogens is 3. The molecule has 2 N–H and O–H groups in total. The summed E-state index contributed by atoms with van der Waals surface area (Å²) in [5, 5.41) is 3.90. The van der Waals surface area contributed by atoms with E-state index in [9.17, 15) is 4.79 Å². The number of hydrogen-bond donors (Lipinski definition) is 2. The molecule has 0 aliphatic rings. The van der Waals surface area contributed by atoms with E-state index in [2.05, 4.69) is 20.8 Å². The Hall–Kier alpha value is -3.27. The summed E-state index contributed by atoms with van der Waals surface area (Å²) in [7, 11) is 3.29. The number of nitrogens with one attached hydrogen (secondary N) is 2. The second-order valence-corrected chi connectivity index (χ2v) is 7.81. The van der Waals surface area contributed by atoms with Crippen LogP contribution in [0.5, 0.6) is 0 Å². The Morgan fingerprint density at radius 3 is 2.87 bits per heavy atom. The molecule has 0 saturated heterocycles. The number of hydroxylamine groups is 1. The van der Waals surface area contributed by atoms with Gasteiger partial charge in [0.05, 0.1) is 7.11 Å². The van der Waals surface area contributed by atoms with Gasteiger partial charge < -0.3 is 10.2 Å². The summed E-state index contributed by atoms with van der Waals surface area (Å²) in [4.78, 5) is 33.0. The number of rotatable bonds is 7. The van der Waals surface area contributed by atoms with E-state index >= 15 is 0 Å². The lowest BCUT2D eigenvalue weighted by atomic mass is 10.2. The number of nitrogens with zero attached hydrogens (tertiary/aromatic N) is 4. The highest BCUT2D eigenvalue weighted by Gasteiger charge is 2.13. The van der Waals surface area contributed by atoms with Crippen molar-refractivity contribution in [2.24, 2.45) is 0 Å². The average molecular weight is 455 g/mol. The second kappa shape index (κ2) is 9.25. The first-order valence-corrected chi connectivity index (χ1v) is 10.6. The second-order valence-electron chi connectivity index (χ2n) is 6.57. The maximum absolute atomic E-state index is 12.0. The lowest BCUT2D eigenvalue weighted by Gasteiger charge is -2.18. The molecule has 1 amide bonds. The molecule has 3 heterocycles. The first-order valence-electron chi connectivity index (χ1n) is 9.30. The molecule has 0 spiro atoms. The van der Waals surface area contributed by atoms with Crippen molar-refractivity contribution >= 4 is 61.6 Å². The van der Waals surface area contributed by atoms with Crippen LogP contribution >= 0.6 is 22.9 Å². The molecule has 4 aromatic rings. The molecule has 0 aliphatic carbocycles. The zero-order valence-corrected chi connectivity index (χ0v) is 18.4. The van der Waals surface area contributed by atoms with Crippen LogP contribution in [0.3, 0.4) is 0 Å². The van der Waals surface area contributed by atoms with Crippen LogP contribution in [-0.2, 0) is 10.7 Å². The number of anilines is 4. The topological polar surface area (TPSA) is 92.3 Å². The molecule has 0 bridgehead atoms. The third-order valence-corrected chi connectivity index (χ3v) is 5.68. The van der Waals surface area contributed by atoms with E-state index in [0.29, 0.717) is 22.4 Å². The summed E-state index contributed by atoms with van der Waals surface area (Å²) in [6.07, 6.45) is 1.71. The zero-order valence-electron chi connectivity index (χ0n) is 16.8. The van der Waals surface area contributed by atoms with E-state index < -0.39 is 0 Å². The number of hydrogen-bond acceptors (Lipinski definition) is 8. The van der Waals surface area contributed by atoms with Crippen molar-refractivity contribution < 1.29 is 9.63 Å². The van der Waals surface area contributed by atoms with E-state index in [-0.39, 0.29) is 5.91 Å². The quantitative estimate of drug-likeness (QED) is 0.310. The number of halogens is 1. The van der Waals surface area contributed by atoms with Crippen LogP contribution in [0.4, 0.5) is 22.5 Å². The van der Waals surface area contributed by atoms with Gasteiger partial charge in [0.2, 0.25) is 0 Å². The molecule has 158 valence electrons. The Morgan fingerprint density at radius 1 is 1.19 bits per heavy atom. The molecule has 31 heavy (non-hydrogen) atoms. The fraction of sp³-hybridized carbons (Fsp3) is 0.143. The molecule has 10 heteroatoms. The number of alkyl halides is 1. The van der Waals surface area contributed by atoms with Gasteiger partial charge in [0, 0.05) is 30.4 Å². The van der Waals surface area contributed by atoms with E-state index in [1.54, 1.807) is 18.3 Å². The Bertz CT molecular complexity index is 1230. The lowest BCUT2D eigenvalue weighted by Crippen LogP contribution is -2.22. The van der Waals surface area contributed by atoms with Gasteiger partial charge in [0.1, 0.15) is 22.0 Å². The molecule has 0 unspecified atom stereocenters. The SMILES string of the molecule is CONC(=O)c1cccc(N(C)c2ccc3nc(Nc4cc(CCl)ccn4)sc3n2)c1. The summed E-state index contributed by atoms with van der Waals surface area (Å²) in [5.41, 5.74) is 5.39. The van der Waals surface area contributed by atoms with Crippen molar-refractivity contribution in [2.45, 2.75) is 5.88 Å². The normalized spacial score (nSPS) is 10.8. The van der Waals surface area contributed by atoms with Crippen molar-refractivity contribution in [1.82, 2.24) is 20.4 Å². The Labute approximate surface area is 187 Å². The number of benzene rings is 1. The maximum atomic E-state index is 12.0. The summed E-state index contributed by atoms with van der Waals surface area (Å²) in [6, 6.07) is 14.8. The smallest absolute Gasteiger partial charge is 0.274 e. The number of thiazole rings is 1. The van der Waals surface area contributed by atoms with Crippen molar-refractivity contribution in [3.63, 3.8) is 0 Å². The maximum Gasteiger partial charge on any atom is 0.274 e. The summed E-state index contributed by atoms with van der Waals surface area (Å²) in [6.45, 7) is 0. The summed E-state index contributed by atoms with van der Waals surface area (Å²) >= 11 is 7.33. The van der Waals surface area contributed by atoms with Crippen LogP contribution in [0.15, 0.2) is 54.7 Å². The molecule has 8 nitrogen and oxygen atoms in total. The molecule has 4 rings (SSSR count). The number of pyridine rings is 2. The van der Waals surface area contributed by atoms with E-state index in [1.165, 1.54) is 18.4 Å². The van der Waals surface area contributed by atoms with Gasteiger partial charge in [-0.2, -0.15) is 0 Å². The van der Waals surface area contributed by atoms with Crippen LogP contribution in [-0.4, -0.2) is 35.0 Å². The third-order valence-electron chi connectivity index (χ3n) is 4.49. The fourth-order valence-corrected chi connectivity index (χ4v) is 3.93. The van der Waals surface area contributed by atoms with Gasteiger partial charge in [0.15, 0.2) is 5.13 Å². The van der Waals surface area contributed by atoms with Crippen LogP contribution in [0.1, 0.15) is 15.9 Å². The number of carbonyl (C=O) groups excluding carboxylic acids is 1. The molecule has 0 saturated carbocycles. The molecule has 1 aromatic carbocycles. The Kier molecular flexibility index (Phi) is 6.26. The van der Waals surface area contributed by atoms with Gasteiger partial charge >= 0.3 is 0 Å². The van der Waals surface area contributed by atoms with Crippen LogP contribution < -0.4 is 15.7 Å². The van der Waals surface area contributed by atoms with Crippen molar-refractivity contribution in [3.8, 4) is 0 Å². The van der Waals surface area contributed by atoms with Crippen LogP contribution in [0.2, 0.25) is 0 Å². The largest absolute Gasteiger partial charge is 0.329 e. The van der Waals surface area contributed by atoms with Gasteiger partial charge in [-0.3, -0.25) is 9.63 Å². The lowest BCUT2D eigenvalue weighted by molar-refractivity contribution is 0.0537. The predicted octanol–water partition coefficient (Wildman–Crippen LogP) is 4.63. The summed E-state index contributed by atoms with van der Waals surface area (Å²) < 4.78 is 0. The van der Waals surface area contributed by atoms with Gasteiger partial charge in [0.25, 0.3) is 5.91 Å². The third kappa shape index (κ3) is 4.74. The molecule has 0 atom stereocenters. The van der Waals surface area contributed by atoms with Crippen molar-refractivity contribution in [1.29, 1.82) is 0 Å². The van der Waals surface area contributed by atoms with E-state index in [4.69, 9.17) is 21.4 Å². The summed E-state index contributed by atoms with van der Waals surface area (Å²) in [5.74, 6) is 1.52. The monoisotopic (exact) mass is 454 g/mol. The molecular weight excluding hydrogens is 436 g/mol. The predicted molar refractivity (Wildman–Crippen MR) is 123 cm³/mol. The van der Waals surface area contributed by atoms with Gasteiger partial charge in [-0.05, 0) is 48.0 Å². The molecule has 0 aliphatic heterocycles. The highest BCUT2D eigenvalue weighted by atomic mass is 35.5. The fourth-order valence-electron chi connectivity index (χ4n) is 2.92. The van der Waals surface area contributed by atoms with Crippen LogP contribution in [0, 0.1) is 0 Å². The van der Waals surface area contributed by atoms with Crippen molar-refractivity contribution in [3.05, 3.63) is 65.9 Å². The highest BCUT2D eigenvalue weighted by molar-refractivity contribution is 7.21. The first-order chi connectivity index (χ1) is 15.1. The Balaban J connectivity index is 1.58. The van der Waals surface area contributed by atoms with Gasteiger partial charge in [-0.25, -0.2) is 20.4 Å². The highest BCUT2D eigenvalue weighted by Crippen LogP contribution is 2.30. The minimum absolute atomic E-state index is 0.314. The molecule has 3 aromatic heterocycles. The van der Waals surface area contributed by atoms with Gasteiger partial charge in [-0.15, -0.1) is 11.6 Å².